The van der Waals surface area contributed by atoms with E-state index in [2.05, 4.69) is 0 Å². The van der Waals surface area contributed by atoms with Crippen LogP contribution >= 0.6 is 0 Å². The fourth-order valence-corrected chi connectivity index (χ4v) is 0.511. The van der Waals surface area contributed by atoms with E-state index < -0.39 is 18.4 Å². The Hall–Kier alpha value is -0.650. The van der Waals surface area contributed by atoms with Crippen LogP contribution < -0.4 is 0 Å². The summed E-state index contributed by atoms with van der Waals surface area (Å²) in [5.41, 5.74) is 0. The molecule has 5 nitrogen and oxygen atoms in total. The number of aliphatic hydroxyl groups is 3. The Bertz CT molecular complexity index is 122. The van der Waals surface area contributed by atoms with Gasteiger partial charge in [-0.05, 0) is 13.3 Å². The molecule has 13 heavy (non-hydrogen) atoms. The summed E-state index contributed by atoms with van der Waals surface area (Å²) in [6, 6.07) is 0. The summed E-state index contributed by atoms with van der Waals surface area (Å²) >= 11 is 0. The lowest BCUT2D eigenvalue weighted by atomic mass is 10.3. The van der Waals surface area contributed by atoms with Gasteiger partial charge < -0.3 is 20.4 Å². The summed E-state index contributed by atoms with van der Waals surface area (Å²) in [6.07, 6.45) is -0.676. The standard InChI is InChI=1S/C4H8O3.C4H10O2/c1-3(5)2-4(6)7;1-2-3-4(5)6/h3,5H,2H2,1H3,(H,6,7);4-6H,2-3H2,1H3. The van der Waals surface area contributed by atoms with Gasteiger partial charge >= 0.3 is 5.97 Å². The molecule has 0 saturated heterocycles. The van der Waals surface area contributed by atoms with Crippen LogP contribution in [0.5, 0.6) is 0 Å². The van der Waals surface area contributed by atoms with Crippen LogP contribution in [0.25, 0.3) is 0 Å². The van der Waals surface area contributed by atoms with Crippen molar-refractivity contribution in [2.24, 2.45) is 0 Å². The second-order valence-electron chi connectivity index (χ2n) is 2.72. The number of carboxylic acids is 1. The first-order chi connectivity index (χ1) is 5.90. The number of hydrogen-bond acceptors (Lipinski definition) is 4. The molecule has 0 fully saturated rings. The topological polar surface area (TPSA) is 98.0 Å². The fourth-order valence-electron chi connectivity index (χ4n) is 0.511. The molecule has 0 aliphatic heterocycles. The predicted molar refractivity (Wildman–Crippen MR) is 47.1 cm³/mol. The van der Waals surface area contributed by atoms with Crippen molar-refractivity contribution in [1.29, 1.82) is 0 Å². The highest BCUT2D eigenvalue weighted by Crippen LogP contribution is 1.88. The molecule has 0 saturated carbocycles. The molecule has 0 bridgehead atoms. The van der Waals surface area contributed by atoms with Crippen LogP contribution in [-0.4, -0.2) is 38.8 Å². The smallest absolute Gasteiger partial charge is 0.305 e. The number of aliphatic hydroxyl groups excluding tert-OH is 2. The Balaban J connectivity index is 0. The van der Waals surface area contributed by atoms with Crippen molar-refractivity contribution in [3.8, 4) is 0 Å². The summed E-state index contributed by atoms with van der Waals surface area (Å²) in [5, 5.41) is 32.5. The quantitative estimate of drug-likeness (QED) is 0.470. The van der Waals surface area contributed by atoms with E-state index in [9.17, 15) is 4.79 Å². The number of carboxylic acid groups (broad SMARTS) is 1. The third kappa shape index (κ3) is 24.6. The summed E-state index contributed by atoms with van der Waals surface area (Å²) in [4.78, 5) is 9.65. The average Bonchev–Trinajstić information content (AvgIpc) is 1.83. The molecule has 1 atom stereocenters. The number of aliphatic carboxylic acids is 1. The van der Waals surface area contributed by atoms with Gasteiger partial charge in [0.25, 0.3) is 0 Å². The van der Waals surface area contributed by atoms with E-state index in [0.717, 1.165) is 6.42 Å². The van der Waals surface area contributed by atoms with Crippen molar-refractivity contribution in [3.05, 3.63) is 0 Å². The molecular formula is C8H18O5. The molecule has 0 aromatic rings. The van der Waals surface area contributed by atoms with Gasteiger partial charge in [0.15, 0.2) is 6.29 Å². The van der Waals surface area contributed by atoms with Crippen LogP contribution in [0, 0.1) is 0 Å². The van der Waals surface area contributed by atoms with E-state index in [-0.39, 0.29) is 6.42 Å². The third-order valence-electron chi connectivity index (χ3n) is 1.02. The maximum absolute atomic E-state index is 9.65. The molecule has 0 aliphatic rings. The summed E-state index contributed by atoms with van der Waals surface area (Å²) in [6.45, 7) is 3.34. The maximum Gasteiger partial charge on any atom is 0.305 e. The van der Waals surface area contributed by atoms with Crippen molar-refractivity contribution in [1.82, 2.24) is 0 Å². The van der Waals surface area contributed by atoms with Gasteiger partial charge in [-0.2, -0.15) is 0 Å². The average molecular weight is 194 g/mol. The molecule has 0 aliphatic carbocycles. The highest BCUT2D eigenvalue weighted by atomic mass is 16.5. The van der Waals surface area contributed by atoms with Gasteiger partial charge in [0.1, 0.15) is 0 Å². The zero-order valence-corrected chi connectivity index (χ0v) is 7.97. The Kier molecular flexibility index (Phi) is 10.8. The second-order valence-corrected chi connectivity index (χ2v) is 2.72. The molecule has 5 heteroatoms. The van der Waals surface area contributed by atoms with Crippen LogP contribution in [-0.2, 0) is 4.79 Å². The Morgan fingerprint density at radius 1 is 1.31 bits per heavy atom. The van der Waals surface area contributed by atoms with Crippen molar-refractivity contribution in [3.63, 3.8) is 0 Å². The Morgan fingerprint density at radius 3 is 1.77 bits per heavy atom. The van der Waals surface area contributed by atoms with Crippen LogP contribution in [0.15, 0.2) is 0 Å². The first-order valence-corrected chi connectivity index (χ1v) is 4.16. The number of rotatable bonds is 4. The molecule has 0 heterocycles. The predicted octanol–water partition coefficient (Wildman–Crippen LogP) is -0.0609. The van der Waals surface area contributed by atoms with E-state index >= 15 is 0 Å². The lowest BCUT2D eigenvalue weighted by Crippen LogP contribution is -2.07. The largest absolute Gasteiger partial charge is 0.481 e. The molecule has 0 spiro atoms. The minimum atomic E-state index is -1.10. The van der Waals surface area contributed by atoms with E-state index in [1.54, 1.807) is 0 Å². The van der Waals surface area contributed by atoms with Crippen molar-refractivity contribution in [2.75, 3.05) is 0 Å². The molecule has 1 unspecified atom stereocenters. The maximum atomic E-state index is 9.65. The zero-order chi connectivity index (χ0) is 10.9. The fraction of sp³-hybridized carbons (Fsp3) is 0.875. The first-order valence-electron chi connectivity index (χ1n) is 4.16. The minimum Gasteiger partial charge on any atom is -0.481 e. The van der Waals surface area contributed by atoms with Crippen molar-refractivity contribution >= 4 is 5.97 Å². The lowest BCUT2D eigenvalue weighted by Gasteiger charge is -1.94. The summed E-state index contributed by atoms with van der Waals surface area (Å²) < 4.78 is 0. The lowest BCUT2D eigenvalue weighted by molar-refractivity contribution is -0.138. The van der Waals surface area contributed by atoms with Gasteiger partial charge in [-0.1, -0.05) is 13.3 Å². The number of carbonyl (C=O) groups is 1. The van der Waals surface area contributed by atoms with Crippen molar-refractivity contribution < 1.29 is 25.2 Å². The van der Waals surface area contributed by atoms with Gasteiger partial charge in [-0.15, -0.1) is 0 Å². The highest BCUT2D eigenvalue weighted by Gasteiger charge is 2.00. The van der Waals surface area contributed by atoms with E-state index in [1.807, 2.05) is 6.92 Å². The molecule has 0 amide bonds. The van der Waals surface area contributed by atoms with Crippen LogP contribution in [0.3, 0.4) is 0 Å². The second kappa shape index (κ2) is 9.44. The summed E-state index contributed by atoms with van der Waals surface area (Å²) in [7, 11) is 0. The molecule has 0 rings (SSSR count). The Labute approximate surface area is 77.6 Å². The molecule has 80 valence electrons. The summed E-state index contributed by atoms with van der Waals surface area (Å²) in [5.74, 6) is -0.963. The minimum absolute atomic E-state index is 0.167. The molecule has 0 aromatic heterocycles. The monoisotopic (exact) mass is 194 g/mol. The van der Waals surface area contributed by atoms with E-state index in [4.69, 9.17) is 20.4 Å². The van der Waals surface area contributed by atoms with Crippen LogP contribution in [0.4, 0.5) is 0 Å². The molecule has 4 N–H and O–H groups in total. The number of hydrogen-bond donors (Lipinski definition) is 4. The SMILES string of the molecule is CC(O)CC(=O)O.CCCC(O)O. The van der Waals surface area contributed by atoms with Crippen molar-refractivity contribution in [2.45, 2.75) is 45.5 Å². The third-order valence-corrected chi connectivity index (χ3v) is 1.02. The normalized spacial score (nSPS) is 11.8. The van der Waals surface area contributed by atoms with Gasteiger partial charge in [0.05, 0.1) is 12.5 Å². The molecular weight excluding hydrogens is 176 g/mol. The first kappa shape index (κ1) is 14.9. The zero-order valence-electron chi connectivity index (χ0n) is 7.97. The Morgan fingerprint density at radius 2 is 1.77 bits per heavy atom. The highest BCUT2D eigenvalue weighted by molar-refractivity contribution is 5.67. The van der Waals surface area contributed by atoms with E-state index in [1.165, 1.54) is 6.92 Å². The van der Waals surface area contributed by atoms with Gasteiger partial charge in [-0.3, -0.25) is 4.79 Å². The van der Waals surface area contributed by atoms with Crippen LogP contribution in [0.1, 0.15) is 33.1 Å². The van der Waals surface area contributed by atoms with Gasteiger partial charge in [0.2, 0.25) is 0 Å². The molecule has 0 radical (unpaired) electrons. The van der Waals surface area contributed by atoms with Gasteiger partial charge in [-0.25, -0.2) is 0 Å². The van der Waals surface area contributed by atoms with Gasteiger partial charge in [0, 0.05) is 0 Å². The molecule has 0 aromatic carbocycles. The van der Waals surface area contributed by atoms with E-state index in [0.29, 0.717) is 6.42 Å². The van der Waals surface area contributed by atoms with Crippen LogP contribution in [0.2, 0.25) is 0 Å².